The van der Waals surface area contributed by atoms with Crippen LogP contribution in [0.4, 0.5) is 0 Å². The number of aromatic hydroxyl groups is 1. The number of carbonyl (C=O) groups excluding carboxylic acids is 6. The summed E-state index contributed by atoms with van der Waals surface area (Å²) in [6, 6.07) is 11.9. The summed E-state index contributed by atoms with van der Waals surface area (Å²) in [5, 5.41) is 31.8. The molecular formula is C32H44N6O8. The molecule has 0 aliphatic carbocycles. The Labute approximate surface area is 267 Å². The molecule has 5 amide bonds. The van der Waals surface area contributed by atoms with E-state index in [9.17, 15) is 29.1 Å². The lowest BCUT2D eigenvalue weighted by atomic mass is 10.0. The van der Waals surface area contributed by atoms with Crippen LogP contribution in [0.2, 0.25) is 0 Å². The van der Waals surface area contributed by atoms with Gasteiger partial charge < -0.3 is 47.3 Å². The van der Waals surface area contributed by atoms with Gasteiger partial charge in [0.05, 0.1) is 6.54 Å². The van der Waals surface area contributed by atoms with Crippen molar-refractivity contribution < 1.29 is 44.7 Å². The van der Waals surface area contributed by atoms with Gasteiger partial charge >= 0.3 is 0 Å². The van der Waals surface area contributed by atoms with E-state index in [1.807, 2.05) is 44.2 Å². The molecule has 1 saturated heterocycles. The Morgan fingerprint density at radius 2 is 1.54 bits per heavy atom. The Kier molecular flexibility index (Phi) is 15.2. The second kappa shape index (κ2) is 18.7. The standard InChI is InChI=1S/C30H40N6O6.C2H4O2/c1-18(2)14-24-29(41)32-13-12-23(35-27(39)22(31)15-20-8-10-21(37)11-9-20)28(40)33-17-26(38)34-25(30(42)36-24)16-19-6-4-3-5-7-19;1-2(3)4/h3-11,18,22-25,37H,12-17,31H2,1-2H3,(H,32,41)(H,33,40)(H,34,38)(H,35,39)(H,36,42);1H3,(H,3,4). The molecule has 1 aliphatic rings. The number of carbonyl (C=O) groups is 6. The summed E-state index contributed by atoms with van der Waals surface area (Å²) in [5.41, 5.74) is 5.50. The molecule has 46 heavy (non-hydrogen) atoms. The highest BCUT2D eigenvalue weighted by molar-refractivity contribution is 5.95. The number of hydrogen-bond acceptors (Lipinski definition) is 8. The highest BCUT2D eigenvalue weighted by Crippen LogP contribution is 2.11. The lowest BCUT2D eigenvalue weighted by molar-refractivity contribution is -0.403. The maximum Gasteiger partial charge on any atom is 0.279 e. The van der Waals surface area contributed by atoms with Crippen molar-refractivity contribution in [3.63, 3.8) is 0 Å². The average Bonchev–Trinajstić information content (AvgIpc) is 2.99. The van der Waals surface area contributed by atoms with Crippen LogP contribution in [0.5, 0.6) is 5.75 Å². The lowest BCUT2D eigenvalue weighted by Gasteiger charge is -2.26. The Balaban J connectivity index is 0.00000173. The number of amides is 5. The number of benzene rings is 2. The van der Waals surface area contributed by atoms with Gasteiger partial charge in [0.2, 0.25) is 23.6 Å². The predicted molar refractivity (Wildman–Crippen MR) is 165 cm³/mol. The zero-order chi connectivity index (χ0) is 34.2. The molecule has 0 aromatic heterocycles. The highest BCUT2D eigenvalue weighted by Gasteiger charge is 2.30. The zero-order valence-corrected chi connectivity index (χ0v) is 26.3. The molecule has 4 unspecified atom stereocenters. The van der Waals surface area contributed by atoms with Crippen LogP contribution in [0.15, 0.2) is 54.6 Å². The Morgan fingerprint density at radius 3 is 2.15 bits per heavy atom. The quantitative estimate of drug-likeness (QED) is 0.165. The van der Waals surface area contributed by atoms with Crippen LogP contribution < -0.4 is 37.4 Å². The summed E-state index contributed by atoms with van der Waals surface area (Å²) in [6.07, 6.45) is 0.881. The number of rotatable bonds is 8. The van der Waals surface area contributed by atoms with Gasteiger partial charge in [-0.3, -0.25) is 24.0 Å². The molecule has 1 aliphatic heterocycles. The number of phenols is 1. The molecule has 0 radical (unpaired) electrons. The maximum atomic E-state index is 13.3. The molecule has 2 aromatic rings. The molecular weight excluding hydrogens is 596 g/mol. The highest BCUT2D eigenvalue weighted by atomic mass is 16.4. The molecule has 0 bridgehead atoms. The molecule has 3 rings (SSSR count). The Hall–Kier alpha value is -4.98. The number of quaternary nitrogens is 1. The minimum atomic E-state index is -1.08. The monoisotopic (exact) mass is 640 g/mol. The number of nitrogens with one attached hydrogen (secondary N) is 5. The van der Waals surface area contributed by atoms with Crippen molar-refractivity contribution in [2.45, 2.75) is 70.6 Å². The van der Waals surface area contributed by atoms with E-state index in [2.05, 4.69) is 32.3 Å². The molecule has 4 atom stereocenters. The third-order valence-corrected chi connectivity index (χ3v) is 6.85. The predicted octanol–water partition coefficient (Wildman–Crippen LogP) is -2.32. The maximum absolute atomic E-state index is 13.3. The van der Waals surface area contributed by atoms with Crippen molar-refractivity contribution in [2.75, 3.05) is 13.1 Å². The Morgan fingerprint density at radius 1 is 0.913 bits per heavy atom. The number of carboxylic acid groups (broad SMARTS) is 1. The number of carboxylic acids is 1. The van der Waals surface area contributed by atoms with Gasteiger partial charge in [0.15, 0.2) is 6.04 Å². The molecule has 2 aromatic carbocycles. The summed E-state index contributed by atoms with van der Waals surface area (Å²) in [6.45, 7) is 4.46. The zero-order valence-electron chi connectivity index (χ0n) is 26.3. The molecule has 14 nitrogen and oxygen atoms in total. The van der Waals surface area contributed by atoms with E-state index in [1.165, 1.54) is 12.1 Å². The van der Waals surface area contributed by atoms with Crippen LogP contribution in [-0.2, 0) is 41.6 Å². The smallest absolute Gasteiger partial charge is 0.279 e. The SMILES string of the molecule is CC(=O)[O-].CC(C)CC1NC(=O)C(Cc2ccccc2)NC(=O)CNC(=O)C(NC(=O)C([NH3+])Cc2ccc(O)cc2)CCNC1=O. The van der Waals surface area contributed by atoms with Gasteiger partial charge in [0.25, 0.3) is 5.91 Å². The van der Waals surface area contributed by atoms with Crippen LogP contribution in [0, 0.1) is 5.92 Å². The second-order valence-electron chi connectivity index (χ2n) is 11.4. The van der Waals surface area contributed by atoms with E-state index in [0.717, 1.165) is 18.1 Å². The van der Waals surface area contributed by atoms with E-state index in [4.69, 9.17) is 9.90 Å². The van der Waals surface area contributed by atoms with E-state index >= 15 is 0 Å². The minimum Gasteiger partial charge on any atom is -0.550 e. The topological polar surface area (TPSA) is 233 Å². The fourth-order valence-corrected chi connectivity index (χ4v) is 4.60. The van der Waals surface area contributed by atoms with Gasteiger partial charge in [0.1, 0.15) is 23.9 Å². The first-order valence-corrected chi connectivity index (χ1v) is 15.0. The minimum absolute atomic E-state index is 0.0427. The van der Waals surface area contributed by atoms with E-state index in [-0.39, 0.29) is 37.5 Å². The van der Waals surface area contributed by atoms with Crippen LogP contribution >= 0.6 is 0 Å². The lowest BCUT2D eigenvalue weighted by Crippen LogP contribution is -2.70. The van der Waals surface area contributed by atoms with Gasteiger partial charge in [-0.2, -0.15) is 0 Å². The first kappa shape index (κ1) is 37.2. The van der Waals surface area contributed by atoms with Crippen LogP contribution in [-0.4, -0.2) is 77.9 Å². The normalized spacial score (nSPS) is 20.0. The second-order valence-corrected chi connectivity index (χ2v) is 11.4. The van der Waals surface area contributed by atoms with Crippen LogP contribution in [0.25, 0.3) is 0 Å². The van der Waals surface area contributed by atoms with Crippen molar-refractivity contribution in [1.82, 2.24) is 26.6 Å². The van der Waals surface area contributed by atoms with Crippen molar-refractivity contribution >= 4 is 35.5 Å². The fraction of sp³-hybridized carbons (Fsp3) is 0.438. The first-order valence-electron chi connectivity index (χ1n) is 15.0. The molecule has 1 fully saturated rings. The molecule has 0 saturated carbocycles. The molecule has 1 heterocycles. The molecule has 0 spiro atoms. The fourth-order valence-electron chi connectivity index (χ4n) is 4.60. The van der Waals surface area contributed by atoms with E-state index in [1.54, 1.807) is 12.1 Å². The van der Waals surface area contributed by atoms with Crippen molar-refractivity contribution in [1.29, 1.82) is 0 Å². The number of phenolic OH excluding ortho intramolecular Hbond substituents is 1. The summed E-state index contributed by atoms with van der Waals surface area (Å²) in [7, 11) is 0. The summed E-state index contributed by atoms with van der Waals surface area (Å²) in [4.78, 5) is 74.1. The van der Waals surface area contributed by atoms with Crippen molar-refractivity contribution in [2.24, 2.45) is 5.92 Å². The summed E-state index contributed by atoms with van der Waals surface area (Å²) < 4.78 is 0. The largest absolute Gasteiger partial charge is 0.550 e. The Bertz CT molecular complexity index is 1330. The first-order chi connectivity index (χ1) is 21.7. The van der Waals surface area contributed by atoms with E-state index in [0.29, 0.717) is 6.42 Å². The molecule has 9 N–H and O–H groups in total. The van der Waals surface area contributed by atoms with Crippen molar-refractivity contribution in [3.05, 3.63) is 65.7 Å². The van der Waals surface area contributed by atoms with Gasteiger partial charge in [-0.1, -0.05) is 56.3 Å². The average molecular weight is 641 g/mol. The van der Waals surface area contributed by atoms with Gasteiger partial charge in [-0.05, 0) is 48.9 Å². The molecule has 250 valence electrons. The third-order valence-electron chi connectivity index (χ3n) is 6.85. The number of aliphatic carboxylic acids is 1. The summed E-state index contributed by atoms with van der Waals surface area (Å²) in [5.74, 6) is -3.50. The number of hydrogen-bond donors (Lipinski definition) is 7. The molecule has 14 heteroatoms. The van der Waals surface area contributed by atoms with Crippen LogP contribution in [0.1, 0.15) is 44.7 Å². The van der Waals surface area contributed by atoms with Gasteiger partial charge in [-0.25, -0.2) is 0 Å². The van der Waals surface area contributed by atoms with Gasteiger partial charge in [-0.15, -0.1) is 0 Å². The van der Waals surface area contributed by atoms with E-state index < -0.39 is 66.2 Å². The summed E-state index contributed by atoms with van der Waals surface area (Å²) >= 11 is 0. The van der Waals surface area contributed by atoms with Crippen molar-refractivity contribution in [3.8, 4) is 5.75 Å². The van der Waals surface area contributed by atoms with Crippen LogP contribution in [0.3, 0.4) is 0 Å². The van der Waals surface area contributed by atoms with Gasteiger partial charge in [0, 0.05) is 25.4 Å². The third kappa shape index (κ3) is 13.8.